The minimum Gasteiger partial charge on any atom is -0.438 e. The first-order chi connectivity index (χ1) is 16.2. The smallest absolute Gasteiger partial charge is 0.416 e. The highest BCUT2D eigenvalue weighted by molar-refractivity contribution is 5.99. The van der Waals surface area contributed by atoms with Crippen molar-refractivity contribution in [2.45, 2.75) is 6.18 Å². The lowest BCUT2D eigenvalue weighted by Crippen LogP contribution is -2.19. The lowest BCUT2D eigenvalue weighted by molar-refractivity contribution is -0.137. The quantitative estimate of drug-likeness (QED) is 0.368. The molecule has 4 aromatic rings. The number of hydrogen-bond acceptors (Lipinski definition) is 5. The number of carbonyl (C=O) groups excluding carboxylic acids is 1. The number of hydrogen-bond donors (Lipinski definition) is 2. The summed E-state index contributed by atoms with van der Waals surface area (Å²) in [7, 11) is 3.89. The number of halogens is 3. The number of ether oxygens (including phenoxy) is 1. The zero-order chi connectivity index (χ0) is 24.3. The Morgan fingerprint density at radius 3 is 2.09 bits per heavy atom. The first-order valence-corrected chi connectivity index (χ1v) is 10.1. The van der Waals surface area contributed by atoms with Gasteiger partial charge in [0.15, 0.2) is 0 Å². The highest BCUT2D eigenvalue weighted by Crippen LogP contribution is 2.31. The summed E-state index contributed by atoms with van der Waals surface area (Å²) >= 11 is 0. The molecular formula is C24H20F3N5O2. The van der Waals surface area contributed by atoms with Crippen LogP contribution in [0.1, 0.15) is 5.56 Å². The number of aromatic nitrogens is 2. The van der Waals surface area contributed by atoms with Crippen LogP contribution in [0.4, 0.5) is 35.0 Å². The Hall–Kier alpha value is -4.34. The molecule has 34 heavy (non-hydrogen) atoms. The Morgan fingerprint density at radius 2 is 1.50 bits per heavy atom. The van der Waals surface area contributed by atoms with Crippen molar-refractivity contribution in [2.75, 3.05) is 29.6 Å². The fourth-order valence-corrected chi connectivity index (χ4v) is 3.13. The lowest BCUT2D eigenvalue weighted by atomic mass is 10.2. The number of rotatable bonds is 5. The highest BCUT2D eigenvalue weighted by atomic mass is 19.4. The van der Waals surface area contributed by atoms with E-state index in [4.69, 9.17) is 4.74 Å². The van der Waals surface area contributed by atoms with E-state index < -0.39 is 17.8 Å². The number of anilines is 3. The molecule has 174 valence electrons. The molecule has 1 aromatic heterocycles. The summed E-state index contributed by atoms with van der Waals surface area (Å²) in [4.78, 5) is 22.7. The molecule has 3 aromatic carbocycles. The topological polar surface area (TPSA) is 79.4 Å². The van der Waals surface area contributed by atoms with Crippen molar-refractivity contribution in [3.05, 3.63) is 78.6 Å². The second-order valence-electron chi connectivity index (χ2n) is 7.56. The monoisotopic (exact) mass is 467 g/mol. The zero-order valence-electron chi connectivity index (χ0n) is 18.2. The molecule has 0 spiro atoms. The van der Waals surface area contributed by atoms with Gasteiger partial charge >= 0.3 is 12.2 Å². The minimum absolute atomic E-state index is 0.235. The van der Waals surface area contributed by atoms with E-state index in [1.165, 1.54) is 18.5 Å². The van der Waals surface area contributed by atoms with Gasteiger partial charge in [-0.2, -0.15) is 13.2 Å². The normalized spacial score (nSPS) is 11.2. The molecule has 7 nitrogen and oxygen atoms in total. The second-order valence-corrected chi connectivity index (χ2v) is 7.56. The van der Waals surface area contributed by atoms with E-state index >= 15 is 0 Å². The third kappa shape index (κ3) is 5.34. The number of carbonyl (C=O) groups is 1. The molecule has 1 heterocycles. The average Bonchev–Trinajstić information content (AvgIpc) is 2.80. The SMILES string of the molecule is CN(C)c1ccc2c(Oc3ccc(NC(=O)Nc4ccc(C(F)(F)F)cc4)cc3)ncnc2c1. The van der Waals surface area contributed by atoms with Crippen LogP contribution in [-0.4, -0.2) is 30.1 Å². The van der Waals surface area contributed by atoms with E-state index in [1.807, 2.05) is 37.2 Å². The van der Waals surface area contributed by atoms with Crippen LogP contribution in [0.25, 0.3) is 10.9 Å². The molecule has 2 amide bonds. The summed E-state index contributed by atoms with van der Waals surface area (Å²) in [6, 6.07) is 16.0. The van der Waals surface area contributed by atoms with Gasteiger partial charge < -0.3 is 20.3 Å². The van der Waals surface area contributed by atoms with E-state index in [2.05, 4.69) is 20.6 Å². The van der Waals surface area contributed by atoms with E-state index in [-0.39, 0.29) is 5.69 Å². The molecule has 0 aliphatic heterocycles. The van der Waals surface area contributed by atoms with Gasteiger partial charge in [0.2, 0.25) is 5.88 Å². The van der Waals surface area contributed by atoms with Crippen molar-refractivity contribution in [2.24, 2.45) is 0 Å². The van der Waals surface area contributed by atoms with Gasteiger partial charge in [0.05, 0.1) is 16.5 Å². The van der Waals surface area contributed by atoms with Gasteiger partial charge in [0, 0.05) is 31.2 Å². The van der Waals surface area contributed by atoms with Crippen LogP contribution in [0.2, 0.25) is 0 Å². The van der Waals surface area contributed by atoms with Crippen molar-refractivity contribution in [1.82, 2.24) is 9.97 Å². The Labute approximate surface area is 193 Å². The molecule has 4 rings (SSSR count). The fourth-order valence-electron chi connectivity index (χ4n) is 3.13. The molecule has 0 saturated carbocycles. The van der Waals surface area contributed by atoms with Gasteiger partial charge in [-0.1, -0.05) is 0 Å². The van der Waals surface area contributed by atoms with Crippen LogP contribution in [0, 0.1) is 0 Å². The predicted octanol–water partition coefficient (Wildman–Crippen LogP) is 6.15. The van der Waals surface area contributed by atoms with E-state index in [1.54, 1.807) is 24.3 Å². The average molecular weight is 467 g/mol. The van der Waals surface area contributed by atoms with Crippen LogP contribution >= 0.6 is 0 Å². The number of nitrogens with one attached hydrogen (secondary N) is 2. The Balaban J connectivity index is 1.40. The van der Waals surface area contributed by atoms with Gasteiger partial charge in [-0.15, -0.1) is 0 Å². The van der Waals surface area contributed by atoms with Crippen molar-refractivity contribution in [3.63, 3.8) is 0 Å². The van der Waals surface area contributed by atoms with Crippen LogP contribution in [-0.2, 0) is 6.18 Å². The summed E-state index contributed by atoms with van der Waals surface area (Å²) in [6.07, 6.45) is -3.00. The standard InChI is InChI=1S/C24H20F3N5O2/c1-32(2)18-9-12-20-21(13-18)28-14-29-22(20)34-19-10-7-17(8-11-19)31-23(33)30-16-5-3-15(4-6-16)24(25,26)27/h3-14H,1-2H3,(H2,30,31,33). The number of nitrogens with zero attached hydrogens (tertiary/aromatic N) is 3. The maximum absolute atomic E-state index is 12.6. The van der Waals surface area contributed by atoms with E-state index in [0.717, 1.165) is 28.7 Å². The second kappa shape index (κ2) is 9.26. The van der Waals surface area contributed by atoms with Gasteiger partial charge in [-0.25, -0.2) is 14.8 Å². The highest BCUT2D eigenvalue weighted by Gasteiger charge is 2.30. The third-order valence-electron chi connectivity index (χ3n) is 4.90. The number of urea groups is 1. The van der Waals surface area contributed by atoms with E-state index in [0.29, 0.717) is 17.3 Å². The summed E-state index contributed by atoms with van der Waals surface area (Å²) in [5, 5.41) is 5.86. The molecule has 0 bridgehead atoms. The molecular weight excluding hydrogens is 447 g/mol. The summed E-state index contributed by atoms with van der Waals surface area (Å²) < 4.78 is 43.8. The number of benzene rings is 3. The molecule has 0 unspecified atom stereocenters. The minimum atomic E-state index is -4.43. The predicted molar refractivity (Wildman–Crippen MR) is 124 cm³/mol. The third-order valence-corrected chi connectivity index (χ3v) is 4.90. The van der Waals surface area contributed by atoms with Gasteiger partial charge in [0.25, 0.3) is 0 Å². The molecule has 10 heteroatoms. The molecule has 0 aliphatic rings. The van der Waals surface area contributed by atoms with Gasteiger partial charge in [0.1, 0.15) is 12.1 Å². The number of amides is 2. The molecule has 2 N–H and O–H groups in total. The summed E-state index contributed by atoms with van der Waals surface area (Å²) in [5.41, 5.74) is 1.67. The number of fused-ring (bicyclic) bond motifs is 1. The number of alkyl halides is 3. The molecule has 0 fully saturated rings. The zero-order valence-corrected chi connectivity index (χ0v) is 18.2. The summed E-state index contributed by atoms with van der Waals surface area (Å²) in [5.74, 6) is 0.904. The molecule has 0 aliphatic carbocycles. The van der Waals surface area contributed by atoms with Gasteiger partial charge in [-0.05, 0) is 66.7 Å². The fraction of sp³-hybridized carbons (Fsp3) is 0.125. The molecule has 0 atom stereocenters. The first kappa shape index (κ1) is 22.8. The van der Waals surface area contributed by atoms with Crippen molar-refractivity contribution < 1.29 is 22.7 Å². The van der Waals surface area contributed by atoms with Crippen molar-refractivity contribution in [1.29, 1.82) is 0 Å². The van der Waals surface area contributed by atoms with E-state index in [9.17, 15) is 18.0 Å². The molecule has 0 saturated heterocycles. The maximum Gasteiger partial charge on any atom is 0.416 e. The first-order valence-electron chi connectivity index (χ1n) is 10.1. The van der Waals surface area contributed by atoms with Crippen LogP contribution in [0.15, 0.2) is 73.1 Å². The largest absolute Gasteiger partial charge is 0.438 e. The Kier molecular flexibility index (Phi) is 6.22. The maximum atomic E-state index is 12.6. The Morgan fingerprint density at radius 1 is 0.882 bits per heavy atom. The van der Waals surface area contributed by atoms with Crippen molar-refractivity contribution >= 4 is 34.0 Å². The van der Waals surface area contributed by atoms with Crippen LogP contribution < -0.4 is 20.3 Å². The van der Waals surface area contributed by atoms with Crippen LogP contribution in [0.3, 0.4) is 0 Å². The van der Waals surface area contributed by atoms with Crippen LogP contribution in [0.5, 0.6) is 11.6 Å². The lowest BCUT2D eigenvalue weighted by Gasteiger charge is -2.14. The molecule has 0 radical (unpaired) electrons. The summed E-state index contributed by atoms with van der Waals surface area (Å²) in [6.45, 7) is 0. The van der Waals surface area contributed by atoms with Gasteiger partial charge in [-0.3, -0.25) is 0 Å². The van der Waals surface area contributed by atoms with Crippen molar-refractivity contribution in [3.8, 4) is 11.6 Å². The Bertz CT molecular complexity index is 1310.